The maximum absolute atomic E-state index is 8.53. The van der Waals surface area contributed by atoms with Gasteiger partial charge in [0.15, 0.2) is 0 Å². The van der Waals surface area contributed by atoms with Crippen LogP contribution in [0.15, 0.2) is 167 Å². The van der Waals surface area contributed by atoms with E-state index in [0.717, 1.165) is 20.1 Å². The lowest BCUT2D eigenvalue weighted by atomic mass is 9.99. The molecule has 6 aromatic rings. The molecule has 6 rings (SSSR count). The summed E-state index contributed by atoms with van der Waals surface area (Å²) >= 11 is 9.09. The van der Waals surface area contributed by atoms with Crippen LogP contribution >= 0.6 is 54.5 Å². The fourth-order valence-electron chi connectivity index (χ4n) is 4.02. The summed E-state index contributed by atoms with van der Waals surface area (Å²) in [4.78, 5) is 0. The largest absolute Gasteiger partial charge is 0.569 e. The third-order valence-corrected chi connectivity index (χ3v) is 7.86. The molecule has 1 radical (unpaired) electrons. The van der Waals surface area contributed by atoms with Crippen LogP contribution in [-0.2, 0) is 0 Å². The molecule has 6 heteroatoms. The molecule has 0 bridgehead atoms. The maximum atomic E-state index is 8.53. The molecule has 0 atom stereocenters. The molecule has 42 heavy (non-hydrogen) atoms. The number of benzene rings is 6. The van der Waals surface area contributed by atoms with Crippen molar-refractivity contribution in [2.24, 2.45) is 0 Å². The van der Waals surface area contributed by atoms with Gasteiger partial charge in [-0.15, -0.1) is 0 Å². The number of rotatable bonds is 5. The Labute approximate surface area is 279 Å². The topological polar surface area (TPSA) is 29.5 Å². The van der Waals surface area contributed by atoms with Crippen LogP contribution in [0.3, 0.4) is 0 Å². The Morgan fingerprint density at radius 1 is 0.452 bits per heavy atom. The highest BCUT2D eigenvalue weighted by atomic mass is 127. The number of hydrogen-bond donors (Lipinski definition) is 1. The van der Waals surface area contributed by atoms with Crippen molar-refractivity contribution in [2.75, 3.05) is 0 Å². The first-order valence-electron chi connectivity index (χ1n) is 13.1. The highest BCUT2D eigenvalue weighted by Gasteiger charge is 2.02. The summed E-state index contributed by atoms with van der Waals surface area (Å²) in [5.41, 5.74) is 7.17. The summed E-state index contributed by atoms with van der Waals surface area (Å²) in [5, 5.41) is 8.53. The van der Waals surface area contributed by atoms with Crippen LogP contribution in [0.1, 0.15) is 0 Å². The van der Waals surface area contributed by atoms with Gasteiger partial charge in [0.05, 0.1) is 0 Å². The molecule has 0 aliphatic rings. The monoisotopic (exact) mass is 787 g/mol. The first-order valence-corrected chi connectivity index (χ1v) is 15.8. The van der Waals surface area contributed by atoms with E-state index in [4.69, 9.17) is 9.68 Å². The molecule has 0 heterocycles. The molecule has 2 nitrogen and oxygen atoms in total. The lowest BCUT2D eigenvalue weighted by molar-refractivity contribution is 0.454. The molecule has 0 saturated heterocycles. The Morgan fingerprint density at radius 2 is 0.857 bits per heavy atom. The van der Waals surface area contributed by atoms with Crippen molar-refractivity contribution in [2.45, 2.75) is 0 Å². The van der Waals surface area contributed by atoms with Gasteiger partial charge >= 0.3 is 7.69 Å². The molecule has 0 spiro atoms. The van der Waals surface area contributed by atoms with Crippen molar-refractivity contribution in [1.29, 1.82) is 0 Å². The Hall–Kier alpha value is -3.17. The molecule has 0 aromatic heterocycles. The van der Waals surface area contributed by atoms with Crippen LogP contribution in [0.5, 0.6) is 5.75 Å². The highest BCUT2D eigenvalue weighted by molar-refractivity contribution is 14.1. The van der Waals surface area contributed by atoms with Crippen LogP contribution in [-0.4, -0.2) is 12.7 Å². The van der Waals surface area contributed by atoms with Crippen molar-refractivity contribution in [1.82, 2.24) is 0 Å². The van der Waals surface area contributed by atoms with Gasteiger partial charge in [0, 0.05) is 12.5 Å². The predicted octanol–water partition coefficient (Wildman–Crippen LogP) is 11.1. The summed E-state index contributed by atoms with van der Waals surface area (Å²) < 4.78 is 8.41. The van der Waals surface area contributed by atoms with Crippen molar-refractivity contribution in [3.05, 3.63) is 170 Å². The van der Waals surface area contributed by atoms with Crippen molar-refractivity contribution in [3.63, 3.8) is 0 Å². The average Bonchev–Trinajstić information content (AvgIpc) is 3.05. The van der Waals surface area contributed by atoms with E-state index in [9.17, 15) is 0 Å². The summed E-state index contributed by atoms with van der Waals surface area (Å²) in [5.74, 6) is 0.624. The molecular weight excluding hydrogens is 762 g/mol. The van der Waals surface area contributed by atoms with Gasteiger partial charge < -0.3 is 9.68 Å². The molecule has 0 fully saturated rings. The standard InChI is InChI=1S/C18H13Br.C12H10BO2.C6H4BrI/c19-18-11-9-15(10-12-18)17-8-4-7-16(13-17)14-5-2-1-3-6-14;14-13-15-12-8-4-7-11(9-12)10-5-2-1-3-6-10;7-5-1-3-6(8)4-2-5/h1-13H;1-9,14H;1-4H. The van der Waals surface area contributed by atoms with Crippen LogP contribution in [0.25, 0.3) is 33.4 Å². The zero-order chi connectivity index (χ0) is 29.6. The Balaban J connectivity index is 0.000000157. The number of hydrogen-bond acceptors (Lipinski definition) is 2. The Morgan fingerprint density at radius 3 is 1.33 bits per heavy atom. The van der Waals surface area contributed by atoms with Gasteiger partial charge in [-0.05, 0) is 111 Å². The van der Waals surface area contributed by atoms with Gasteiger partial charge in [0.1, 0.15) is 5.75 Å². The van der Waals surface area contributed by atoms with E-state index < -0.39 is 0 Å². The van der Waals surface area contributed by atoms with Crippen LogP contribution in [0, 0.1) is 3.57 Å². The summed E-state index contributed by atoms with van der Waals surface area (Å²) in [6, 6.07) is 53.3. The van der Waals surface area contributed by atoms with Crippen molar-refractivity contribution in [3.8, 4) is 39.1 Å². The van der Waals surface area contributed by atoms with E-state index in [1.165, 1.54) is 25.8 Å². The molecule has 1 N–H and O–H groups in total. The quantitative estimate of drug-likeness (QED) is 0.139. The smallest absolute Gasteiger partial charge is 0.537 e. The SMILES string of the molecule is Brc1ccc(-c2cccc(-c3ccccc3)c2)cc1.Brc1ccc(I)cc1.O[B]Oc1cccc(-c2ccccc2)c1. The lowest BCUT2D eigenvalue weighted by Gasteiger charge is -2.06. The molecule has 207 valence electrons. The molecule has 0 saturated carbocycles. The summed E-state index contributed by atoms with van der Waals surface area (Å²) in [6.07, 6.45) is 0. The summed E-state index contributed by atoms with van der Waals surface area (Å²) in [7, 11) is 0.685. The zero-order valence-corrected chi connectivity index (χ0v) is 27.9. The van der Waals surface area contributed by atoms with E-state index in [2.05, 4.69) is 139 Å². The second kappa shape index (κ2) is 17.1. The molecule has 0 amide bonds. The Kier molecular flexibility index (Phi) is 12.9. The van der Waals surface area contributed by atoms with Gasteiger partial charge in [-0.1, -0.05) is 135 Å². The zero-order valence-electron chi connectivity index (χ0n) is 22.6. The molecular formula is C36H27BBr2IO2. The van der Waals surface area contributed by atoms with E-state index in [-0.39, 0.29) is 0 Å². The van der Waals surface area contributed by atoms with E-state index in [0.29, 0.717) is 13.4 Å². The predicted molar refractivity (Wildman–Crippen MR) is 192 cm³/mol. The minimum absolute atomic E-state index is 0.624. The van der Waals surface area contributed by atoms with Crippen molar-refractivity contribution < 1.29 is 9.68 Å². The van der Waals surface area contributed by atoms with Gasteiger partial charge in [0.25, 0.3) is 0 Å². The third-order valence-electron chi connectivity index (χ3n) is 6.08. The normalized spacial score (nSPS) is 9.90. The third kappa shape index (κ3) is 10.3. The Bertz CT molecular complexity index is 1630. The fourth-order valence-corrected chi connectivity index (χ4v) is 4.91. The maximum Gasteiger partial charge on any atom is 0.569 e. The second-order valence-corrected chi connectivity index (χ2v) is 12.1. The van der Waals surface area contributed by atoms with E-state index in [1.54, 1.807) is 6.07 Å². The minimum atomic E-state index is 0.624. The van der Waals surface area contributed by atoms with Crippen LogP contribution in [0.2, 0.25) is 0 Å². The molecule has 0 aliphatic carbocycles. The van der Waals surface area contributed by atoms with E-state index in [1.807, 2.05) is 66.7 Å². The highest BCUT2D eigenvalue weighted by Crippen LogP contribution is 2.27. The number of halogens is 3. The molecule has 0 unspecified atom stereocenters. The van der Waals surface area contributed by atoms with Crippen LogP contribution < -0.4 is 4.65 Å². The fraction of sp³-hybridized carbons (Fsp3) is 0. The average molecular weight is 789 g/mol. The van der Waals surface area contributed by atoms with Gasteiger partial charge in [0.2, 0.25) is 0 Å². The van der Waals surface area contributed by atoms with Gasteiger partial charge in [-0.3, -0.25) is 0 Å². The van der Waals surface area contributed by atoms with Crippen molar-refractivity contribution >= 4 is 62.1 Å². The van der Waals surface area contributed by atoms with Gasteiger partial charge in [-0.2, -0.15) is 0 Å². The van der Waals surface area contributed by atoms with Crippen LogP contribution in [0.4, 0.5) is 0 Å². The first kappa shape index (κ1) is 31.8. The molecule has 6 aromatic carbocycles. The second-order valence-electron chi connectivity index (χ2n) is 9.01. The van der Waals surface area contributed by atoms with Gasteiger partial charge in [-0.25, -0.2) is 0 Å². The first-order chi connectivity index (χ1) is 20.5. The summed E-state index contributed by atoms with van der Waals surface area (Å²) in [6.45, 7) is 0. The molecule has 0 aliphatic heterocycles. The van der Waals surface area contributed by atoms with E-state index >= 15 is 0 Å². The minimum Gasteiger partial charge on any atom is -0.537 e. The lowest BCUT2D eigenvalue weighted by Crippen LogP contribution is -1.99.